The van der Waals surface area contributed by atoms with Crippen LogP contribution in [0.25, 0.3) is 0 Å². The van der Waals surface area contributed by atoms with Crippen molar-refractivity contribution in [3.63, 3.8) is 0 Å². The fraction of sp³-hybridized carbons (Fsp3) is 0.176. The number of nitrogens with zero attached hydrogens (tertiary/aromatic N) is 2. The van der Waals surface area contributed by atoms with Crippen molar-refractivity contribution in [3.8, 4) is 5.75 Å². The second kappa shape index (κ2) is 7.78. The molecule has 120 valence electrons. The highest BCUT2D eigenvalue weighted by Gasteiger charge is 2.05. The molecule has 0 aliphatic rings. The number of ether oxygens (including phenoxy) is 1. The smallest absolute Gasteiger partial charge is 0.271 e. The molecule has 0 saturated heterocycles. The lowest BCUT2D eigenvalue weighted by Gasteiger charge is -2.12. The summed E-state index contributed by atoms with van der Waals surface area (Å²) < 4.78 is 6.16. The lowest BCUT2D eigenvalue weighted by Crippen LogP contribution is -2.18. The van der Waals surface area contributed by atoms with E-state index in [-0.39, 0.29) is 5.91 Å². The molecular weight excluding hydrogens is 358 g/mol. The molecule has 0 heterocycles. The van der Waals surface area contributed by atoms with Crippen molar-refractivity contribution in [2.45, 2.75) is 0 Å². The van der Waals surface area contributed by atoms with Gasteiger partial charge in [-0.2, -0.15) is 5.10 Å². The van der Waals surface area contributed by atoms with E-state index in [2.05, 4.69) is 26.5 Å². The van der Waals surface area contributed by atoms with Crippen LogP contribution in [0.5, 0.6) is 5.75 Å². The van der Waals surface area contributed by atoms with E-state index in [1.807, 2.05) is 49.3 Å². The topological polar surface area (TPSA) is 53.9 Å². The Morgan fingerprint density at radius 3 is 2.52 bits per heavy atom. The molecule has 6 heteroatoms. The van der Waals surface area contributed by atoms with Gasteiger partial charge in [0.2, 0.25) is 0 Å². The van der Waals surface area contributed by atoms with Gasteiger partial charge in [0, 0.05) is 35.4 Å². The zero-order valence-corrected chi connectivity index (χ0v) is 14.8. The summed E-state index contributed by atoms with van der Waals surface area (Å²) in [5, 5.41) is 3.99. The Labute approximate surface area is 144 Å². The van der Waals surface area contributed by atoms with Gasteiger partial charge >= 0.3 is 0 Å². The van der Waals surface area contributed by atoms with Gasteiger partial charge in [0.25, 0.3) is 5.91 Å². The molecule has 0 fully saturated rings. The normalized spacial score (nSPS) is 10.6. The van der Waals surface area contributed by atoms with Gasteiger partial charge in [0.05, 0.1) is 13.3 Å². The largest absolute Gasteiger partial charge is 0.496 e. The monoisotopic (exact) mass is 375 g/mol. The van der Waals surface area contributed by atoms with E-state index >= 15 is 0 Å². The number of amides is 1. The van der Waals surface area contributed by atoms with Crippen molar-refractivity contribution in [1.29, 1.82) is 0 Å². The predicted molar refractivity (Wildman–Crippen MR) is 96.5 cm³/mol. The van der Waals surface area contributed by atoms with Crippen LogP contribution in [0, 0.1) is 0 Å². The van der Waals surface area contributed by atoms with Gasteiger partial charge in [-0.05, 0) is 42.5 Å². The minimum Gasteiger partial charge on any atom is -0.496 e. The lowest BCUT2D eigenvalue weighted by atomic mass is 10.2. The molecule has 0 aliphatic carbocycles. The number of methoxy groups -OCH3 is 1. The maximum Gasteiger partial charge on any atom is 0.271 e. The fourth-order valence-electron chi connectivity index (χ4n) is 1.94. The van der Waals surface area contributed by atoms with Crippen LogP contribution in [0.4, 0.5) is 5.69 Å². The molecule has 0 aliphatic heterocycles. The summed E-state index contributed by atoms with van der Waals surface area (Å²) in [6, 6.07) is 12.9. The molecule has 2 rings (SSSR count). The van der Waals surface area contributed by atoms with Crippen molar-refractivity contribution >= 4 is 33.7 Å². The molecule has 2 aromatic carbocycles. The van der Waals surface area contributed by atoms with Crippen LogP contribution in [0.15, 0.2) is 52.0 Å². The first kappa shape index (κ1) is 17.0. The lowest BCUT2D eigenvalue weighted by molar-refractivity contribution is 0.0955. The van der Waals surface area contributed by atoms with Crippen LogP contribution in [0.3, 0.4) is 0 Å². The van der Waals surface area contributed by atoms with E-state index in [1.54, 1.807) is 25.5 Å². The number of nitrogens with one attached hydrogen (secondary N) is 1. The highest BCUT2D eigenvalue weighted by molar-refractivity contribution is 9.10. The number of rotatable bonds is 5. The number of halogens is 1. The summed E-state index contributed by atoms with van der Waals surface area (Å²) in [6.07, 6.45) is 1.55. The van der Waals surface area contributed by atoms with Gasteiger partial charge in [-0.15, -0.1) is 0 Å². The molecule has 0 bridgehead atoms. The second-order valence-corrected chi connectivity index (χ2v) is 5.94. The summed E-state index contributed by atoms with van der Waals surface area (Å²) in [4.78, 5) is 14.0. The average molecular weight is 376 g/mol. The number of anilines is 1. The third-order valence-electron chi connectivity index (χ3n) is 3.21. The molecule has 5 nitrogen and oxygen atoms in total. The van der Waals surface area contributed by atoms with Crippen LogP contribution in [0.2, 0.25) is 0 Å². The van der Waals surface area contributed by atoms with Gasteiger partial charge in [0.1, 0.15) is 5.75 Å². The number of benzene rings is 2. The maximum atomic E-state index is 12.1. The minimum absolute atomic E-state index is 0.263. The fourth-order valence-corrected chi connectivity index (χ4v) is 2.32. The Hall–Kier alpha value is -2.34. The number of hydrogen-bond acceptors (Lipinski definition) is 4. The second-order valence-electron chi connectivity index (χ2n) is 5.03. The Morgan fingerprint density at radius 1 is 1.22 bits per heavy atom. The predicted octanol–water partition coefficient (Wildman–Crippen LogP) is 3.29. The standard InChI is InChI=1S/C17H18BrN3O2/c1-21(2)15-7-4-12(5-8-15)17(22)20-19-11-13-10-14(18)6-9-16(13)23-3/h4-11H,1-3H3,(H,20,22). The molecule has 2 aromatic rings. The van der Waals surface area contributed by atoms with E-state index in [0.717, 1.165) is 15.7 Å². The highest BCUT2D eigenvalue weighted by Crippen LogP contribution is 2.21. The third-order valence-corrected chi connectivity index (χ3v) is 3.70. The first-order chi connectivity index (χ1) is 11.0. The molecule has 0 spiro atoms. The number of carbonyl (C=O) groups is 1. The quantitative estimate of drug-likeness (QED) is 0.644. The molecule has 0 atom stereocenters. The summed E-state index contributed by atoms with van der Waals surface area (Å²) in [6.45, 7) is 0. The van der Waals surface area contributed by atoms with Crippen molar-refractivity contribution in [2.24, 2.45) is 5.10 Å². The Balaban J connectivity index is 2.05. The number of hydrogen-bond donors (Lipinski definition) is 1. The van der Waals surface area contributed by atoms with E-state index in [1.165, 1.54) is 0 Å². The third kappa shape index (κ3) is 4.56. The molecule has 23 heavy (non-hydrogen) atoms. The zero-order chi connectivity index (χ0) is 16.8. The Morgan fingerprint density at radius 2 is 1.91 bits per heavy atom. The zero-order valence-electron chi connectivity index (χ0n) is 13.2. The van der Waals surface area contributed by atoms with E-state index in [0.29, 0.717) is 11.3 Å². The van der Waals surface area contributed by atoms with Gasteiger partial charge in [-0.1, -0.05) is 15.9 Å². The summed E-state index contributed by atoms with van der Waals surface area (Å²) in [5.41, 5.74) is 4.86. The summed E-state index contributed by atoms with van der Waals surface area (Å²) in [7, 11) is 5.49. The van der Waals surface area contributed by atoms with Crippen molar-refractivity contribution in [1.82, 2.24) is 5.43 Å². The van der Waals surface area contributed by atoms with Crippen LogP contribution in [-0.4, -0.2) is 33.3 Å². The first-order valence-electron chi connectivity index (χ1n) is 6.95. The van der Waals surface area contributed by atoms with Crippen molar-refractivity contribution in [3.05, 3.63) is 58.1 Å². The molecular formula is C17H18BrN3O2. The van der Waals surface area contributed by atoms with Gasteiger partial charge in [-0.3, -0.25) is 4.79 Å². The SMILES string of the molecule is COc1ccc(Br)cc1C=NNC(=O)c1ccc(N(C)C)cc1. The van der Waals surface area contributed by atoms with Gasteiger partial charge in [-0.25, -0.2) is 5.43 Å². The Kier molecular flexibility index (Phi) is 5.76. The van der Waals surface area contributed by atoms with Crippen LogP contribution >= 0.6 is 15.9 Å². The molecule has 0 saturated carbocycles. The van der Waals surface area contributed by atoms with Crippen molar-refractivity contribution < 1.29 is 9.53 Å². The summed E-state index contributed by atoms with van der Waals surface area (Å²) in [5.74, 6) is 0.419. The minimum atomic E-state index is -0.263. The highest BCUT2D eigenvalue weighted by atomic mass is 79.9. The Bertz CT molecular complexity index is 712. The van der Waals surface area contributed by atoms with E-state index in [4.69, 9.17) is 4.74 Å². The molecule has 0 aromatic heterocycles. The molecule has 1 N–H and O–H groups in total. The number of carbonyl (C=O) groups excluding carboxylic acids is 1. The van der Waals surface area contributed by atoms with Gasteiger partial charge in [0.15, 0.2) is 0 Å². The van der Waals surface area contributed by atoms with Gasteiger partial charge < -0.3 is 9.64 Å². The van der Waals surface area contributed by atoms with Crippen LogP contribution in [-0.2, 0) is 0 Å². The molecule has 1 amide bonds. The summed E-state index contributed by atoms with van der Waals surface area (Å²) >= 11 is 3.39. The van der Waals surface area contributed by atoms with E-state index in [9.17, 15) is 4.79 Å². The molecule has 0 unspecified atom stereocenters. The molecule has 0 radical (unpaired) electrons. The number of hydrazone groups is 1. The van der Waals surface area contributed by atoms with E-state index < -0.39 is 0 Å². The van der Waals surface area contributed by atoms with Crippen molar-refractivity contribution in [2.75, 3.05) is 26.1 Å². The first-order valence-corrected chi connectivity index (χ1v) is 7.75. The van der Waals surface area contributed by atoms with Crippen LogP contribution < -0.4 is 15.1 Å². The average Bonchev–Trinajstić information content (AvgIpc) is 2.55. The van der Waals surface area contributed by atoms with Crippen LogP contribution in [0.1, 0.15) is 15.9 Å². The maximum absolute atomic E-state index is 12.1.